The van der Waals surface area contributed by atoms with Crippen LogP contribution in [0, 0.1) is 0 Å². The predicted molar refractivity (Wildman–Crippen MR) is 58.4 cm³/mol. The number of aromatic nitrogens is 2. The Morgan fingerprint density at radius 3 is 2.68 bits per heavy atom. The van der Waals surface area contributed by atoms with Crippen LogP contribution in [0.1, 0.15) is 16.2 Å². The molecule has 9 heteroatoms. The molecule has 0 aliphatic rings. The van der Waals surface area contributed by atoms with E-state index in [2.05, 4.69) is 19.4 Å². The largest absolute Gasteiger partial charge is 0.465 e. The second-order valence-corrected chi connectivity index (χ2v) is 3.49. The Labute approximate surface area is 106 Å². The van der Waals surface area contributed by atoms with E-state index in [0.29, 0.717) is 0 Å². The van der Waals surface area contributed by atoms with Crippen molar-refractivity contribution in [3.8, 4) is 0 Å². The number of nitrogen functional groups attached to an aromatic ring is 1. The minimum absolute atomic E-state index is 0.00228. The highest BCUT2D eigenvalue weighted by molar-refractivity contribution is 5.93. The van der Waals surface area contributed by atoms with Crippen molar-refractivity contribution in [3.05, 3.63) is 17.6 Å². The number of esters is 1. The van der Waals surface area contributed by atoms with Crippen molar-refractivity contribution in [2.75, 3.05) is 26.1 Å². The molecule has 0 unspecified atom stereocenters. The van der Waals surface area contributed by atoms with Crippen molar-refractivity contribution >= 4 is 11.8 Å². The van der Waals surface area contributed by atoms with Gasteiger partial charge in [-0.2, -0.15) is 13.2 Å². The highest BCUT2D eigenvalue weighted by atomic mass is 19.4. The molecule has 1 heterocycles. The molecule has 1 rings (SSSR count). The third kappa shape index (κ3) is 5.08. The van der Waals surface area contributed by atoms with Crippen molar-refractivity contribution in [1.29, 1.82) is 0 Å². The summed E-state index contributed by atoms with van der Waals surface area (Å²) in [4.78, 5) is 18.8. The maximum absolute atomic E-state index is 11.8. The molecule has 0 atom stereocenters. The summed E-state index contributed by atoms with van der Waals surface area (Å²) in [5.74, 6) is -0.586. The number of halogens is 3. The third-order valence-corrected chi connectivity index (χ3v) is 2.01. The predicted octanol–water partition coefficient (Wildman–Crippen LogP) is 0.967. The van der Waals surface area contributed by atoms with Crippen LogP contribution in [0.15, 0.2) is 6.20 Å². The Bertz CT molecular complexity index is 451. The standard InChI is InChI=1S/C10H12F3N3O3/c1-18-9(17)6-4-15-7(16-8(6)14)2-3-19-5-10(11,12)13/h4H,2-3,5H2,1H3,(H2,14,15,16). The summed E-state index contributed by atoms with van der Waals surface area (Å²) in [5.41, 5.74) is 5.50. The van der Waals surface area contributed by atoms with Crippen molar-refractivity contribution in [2.24, 2.45) is 0 Å². The molecule has 106 valence electrons. The first kappa shape index (κ1) is 15.2. The zero-order valence-corrected chi connectivity index (χ0v) is 10.0. The van der Waals surface area contributed by atoms with Crippen molar-refractivity contribution in [1.82, 2.24) is 9.97 Å². The Morgan fingerprint density at radius 1 is 1.47 bits per heavy atom. The monoisotopic (exact) mass is 279 g/mol. The highest BCUT2D eigenvalue weighted by Gasteiger charge is 2.27. The van der Waals surface area contributed by atoms with Gasteiger partial charge in [0.15, 0.2) is 0 Å². The molecule has 1 aromatic rings. The lowest BCUT2D eigenvalue weighted by Gasteiger charge is -2.08. The van der Waals surface area contributed by atoms with Crippen LogP contribution in [0.3, 0.4) is 0 Å². The van der Waals surface area contributed by atoms with Crippen LogP contribution in [0.25, 0.3) is 0 Å². The van der Waals surface area contributed by atoms with E-state index >= 15 is 0 Å². The Kier molecular flexibility index (Phi) is 5.04. The van der Waals surface area contributed by atoms with Crippen LogP contribution >= 0.6 is 0 Å². The second kappa shape index (κ2) is 6.32. The van der Waals surface area contributed by atoms with E-state index in [1.54, 1.807) is 0 Å². The normalized spacial score (nSPS) is 11.4. The number of methoxy groups -OCH3 is 1. The molecular weight excluding hydrogens is 267 g/mol. The van der Waals surface area contributed by atoms with Gasteiger partial charge < -0.3 is 15.2 Å². The summed E-state index contributed by atoms with van der Waals surface area (Å²) in [7, 11) is 1.18. The molecule has 6 nitrogen and oxygen atoms in total. The van der Waals surface area contributed by atoms with Gasteiger partial charge in [0.05, 0.1) is 13.7 Å². The first-order chi connectivity index (χ1) is 8.83. The summed E-state index contributed by atoms with van der Waals surface area (Å²) in [6.07, 6.45) is -3.15. The Balaban J connectivity index is 2.52. The number of nitrogens with two attached hydrogens (primary N) is 1. The van der Waals surface area contributed by atoms with Crippen LogP contribution in [0.4, 0.5) is 19.0 Å². The number of alkyl halides is 3. The van der Waals surface area contributed by atoms with Gasteiger partial charge in [-0.05, 0) is 0 Å². The van der Waals surface area contributed by atoms with Crippen molar-refractivity contribution in [3.63, 3.8) is 0 Å². The smallest absolute Gasteiger partial charge is 0.411 e. The van der Waals surface area contributed by atoms with Gasteiger partial charge in [0.2, 0.25) is 0 Å². The summed E-state index contributed by atoms with van der Waals surface area (Å²) < 4.78 is 44.2. The highest BCUT2D eigenvalue weighted by Crippen LogP contribution is 2.14. The fraction of sp³-hybridized carbons (Fsp3) is 0.500. The fourth-order valence-corrected chi connectivity index (χ4v) is 1.17. The van der Waals surface area contributed by atoms with Gasteiger partial charge in [-0.15, -0.1) is 0 Å². The molecule has 2 N–H and O–H groups in total. The number of hydrogen-bond acceptors (Lipinski definition) is 6. The molecule has 0 saturated carbocycles. The molecule has 0 aromatic carbocycles. The summed E-state index contributed by atoms with van der Waals surface area (Å²) >= 11 is 0. The van der Waals surface area contributed by atoms with Crippen LogP contribution in [0.5, 0.6) is 0 Å². The molecule has 0 radical (unpaired) electrons. The first-order valence-electron chi connectivity index (χ1n) is 5.17. The SMILES string of the molecule is COC(=O)c1cnc(CCOCC(F)(F)F)nc1N. The lowest BCUT2D eigenvalue weighted by Crippen LogP contribution is -2.18. The zero-order chi connectivity index (χ0) is 14.5. The van der Waals surface area contributed by atoms with Crippen LogP contribution < -0.4 is 5.73 Å². The van der Waals surface area contributed by atoms with E-state index in [4.69, 9.17) is 5.73 Å². The average Bonchev–Trinajstić information content (AvgIpc) is 2.33. The lowest BCUT2D eigenvalue weighted by molar-refractivity contribution is -0.173. The minimum Gasteiger partial charge on any atom is -0.465 e. The molecule has 0 amide bonds. The van der Waals surface area contributed by atoms with Gasteiger partial charge in [0, 0.05) is 12.6 Å². The van der Waals surface area contributed by atoms with Gasteiger partial charge >= 0.3 is 12.1 Å². The molecule has 0 aliphatic carbocycles. The number of hydrogen-bond donors (Lipinski definition) is 1. The number of carbonyl (C=O) groups is 1. The second-order valence-electron chi connectivity index (χ2n) is 3.49. The quantitative estimate of drug-likeness (QED) is 0.638. The van der Waals surface area contributed by atoms with Gasteiger partial charge in [-0.25, -0.2) is 14.8 Å². The lowest BCUT2D eigenvalue weighted by atomic mass is 10.3. The van der Waals surface area contributed by atoms with Gasteiger partial charge in [-0.1, -0.05) is 0 Å². The minimum atomic E-state index is -4.37. The van der Waals surface area contributed by atoms with E-state index in [0.717, 1.165) is 6.20 Å². The van der Waals surface area contributed by atoms with E-state index in [9.17, 15) is 18.0 Å². The molecule has 0 bridgehead atoms. The summed E-state index contributed by atoms with van der Waals surface area (Å²) in [6.45, 7) is -1.53. The number of ether oxygens (including phenoxy) is 2. The van der Waals surface area contributed by atoms with Crippen LogP contribution in [-0.4, -0.2) is 42.4 Å². The van der Waals surface area contributed by atoms with Gasteiger partial charge in [0.25, 0.3) is 0 Å². The Morgan fingerprint density at radius 2 is 2.16 bits per heavy atom. The van der Waals surface area contributed by atoms with E-state index < -0.39 is 18.8 Å². The molecule has 0 fully saturated rings. The molecule has 0 saturated heterocycles. The topological polar surface area (TPSA) is 87.3 Å². The fourth-order valence-electron chi connectivity index (χ4n) is 1.17. The maximum Gasteiger partial charge on any atom is 0.411 e. The van der Waals surface area contributed by atoms with Crippen molar-refractivity contribution < 1.29 is 27.4 Å². The van der Waals surface area contributed by atoms with Crippen molar-refractivity contribution in [2.45, 2.75) is 12.6 Å². The summed E-state index contributed by atoms with van der Waals surface area (Å²) in [5, 5.41) is 0. The molecule has 0 aliphatic heterocycles. The summed E-state index contributed by atoms with van der Waals surface area (Å²) in [6, 6.07) is 0. The first-order valence-corrected chi connectivity index (χ1v) is 5.17. The van der Waals surface area contributed by atoms with Crippen LogP contribution in [0.2, 0.25) is 0 Å². The Hall–Kier alpha value is -1.90. The number of anilines is 1. The molecule has 19 heavy (non-hydrogen) atoms. The van der Waals surface area contributed by atoms with Gasteiger partial charge in [0.1, 0.15) is 23.8 Å². The number of nitrogens with zero attached hydrogens (tertiary/aromatic N) is 2. The van der Waals surface area contributed by atoms with Crippen LogP contribution in [-0.2, 0) is 15.9 Å². The van der Waals surface area contributed by atoms with E-state index in [1.165, 1.54) is 7.11 Å². The van der Waals surface area contributed by atoms with Gasteiger partial charge in [-0.3, -0.25) is 0 Å². The molecular formula is C10H12F3N3O3. The van der Waals surface area contributed by atoms with E-state index in [-0.39, 0.29) is 30.2 Å². The number of carbonyl (C=O) groups excluding carboxylic acids is 1. The average molecular weight is 279 g/mol. The maximum atomic E-state index is 11.8. The zero-order valence-electron chi connectivity index (χ0n) is 10.0. The van der Waals surface area contributed by atoms with E-state index in [1.807, 2.05) is 0 Å². The molecule has 0 spiro atoms. The number of rotatable bonds is 5. The third-order valence-electron chi connectivity index (χ3n) is 2.01. The molecule has 1 aromatic heterocycles.